The monoisotopic (exact) mass is 354 g/mol. The second-order valence-electron chi connectivity index (χ2n) is 7.91. The molecule has 0 heterocycles. The largest absolute Gasteiger partial charge is 0.456 e. The molecule has 0 saturated heterocycles. The summed E-state index contributed by atoms with van der Waals surface area (Å²) in [4.78, 5) is 11.5. The molecule has 0 aromatic heterocycles. The van der Waals surface area contributed by atoms with Crippen LogP contribution in [0.1, 0.15) is 79.6 Å². The second-order valence-corrected chi connectivity index (χ2v) is 12.7. The molecular formula is C20H38O3Si. The molecule has 0 aliphatic heterocycles. The van der Waals surface area contributed by atoms with E-state index in [1.165, 1.54) is 32.1 Å². The van der Waals surface area contributed by atoms with Crippen LogP contribution in [0.5, 0.6) is 0 Å². The van der Waals surface area contributed by atoms with Gasteiger partial charge in [0.1, 0.15) is 6.10 Å². The fourth-order valence-electron chi connectivity index (χ4n) is 2.11. The van der Waals surface area contributed by atoms with Gasteiger partial charge >= 0.3 is 5.97 Å². The maximum atomic E-state index is 11.5. The summed E-state index contributed by atoms with van der Waals surface area (Å²) in [5, 5.41) is 0.137. The maximum Gasteiger partial charge on any atom is 0.384 e. The van der Waals surface area contributed by atoms with Gasteiger partial charge in [-0.2, -0.15) is 0 Å². The molecule has 3 nitrogen and oxygen atoms in total. The predicted octanol–water partition coefficient (Wildman–Crippen LogP) is 5.69. The van der Waals surface area contributed by atoms with E-state index in [0.29, 0.717) is 6.61 Å². The Bertz CT molecular complexity index is 413. The maximum absolute atomic E-state index is 11.5. The van der Waals surface area contributed by atoms with Gasteiger partial charge in [-0.15, -0.1) is 0 Å². The van der Waals surface area contributed by atoms with Gasteiger partial charge in [-0.25, -0.2) is 4.79 Å². The quantitative estimate of drug-likeness (QED) is 0.166. The van der Waals surface area contributed by atoms with E-state index >= 15 is 0 Å². The van der Waals surface area contributed by atoms with E-state index in [9.17, 15) is 4.79 Å². The van der Waals surface area contributed by atoms with Crippen LogP contribution in [0.15, 0.2) is 0 Å². The Morgan fingerprint density at radius 1 is 1.04 bits per heavy atom. The molecule has 24 heavy (non-hydrogen) atoms. The third-order valence-corrected chi connectivity index (χ3v) is 9.16. The van der Waals surface area contributed by atoms with Crippen molar-refractivity contribution in [3.8, 4) is 11.8 Å². The fraction of sp³-hybridized carbons (Fsp3) is 0.850. The molecule has 0 radical (unpaired) electrons. The Labute approximate surface area is 151 Å². The van der Waals surface area contributed by atoms with Crippen molar-refractivity contribution in [2.45, 2.75) is 104 Å². The number of hydrogen-bond acceptors (Lipinski definition) is 3. The van der Waals surface area contributed by atoms with Crippen molar-refractivity contribution in [2.24, 2.45) is 0 Å². The lowest BCUT2D eigenvalue weighted by atomic mass is 10.1. The fourth-order valence-corrected chi connectivity index (χ4v) is 3.35. The average molecular weight is 355 g/mol. The first-order valence-corrected chi connectivity index (χ1v) is 12.4. The van der Waals surface area contributed by atoms with E-state index in [1.807, 2.05) is 0 Å². The molecule has 0 aromatic carbocycles. The molecule has 0 spiro atoms. The molecule has 1 atom stereocenters. The molecule has 0 bridgehead atoms. The van der Waals surface area contributed by atoms with Crippen molar-refractivity contribution < 1.29 is 14.0 Å². The summed E-state index contributed by atoms with van der Waals surface area (Å²) in [6.07, 6.45) is 8.19. The lowest BCUT2D eigenvalue weighted by Gasteiger charge is -2.38. The highest BCUT2D eigenvalue weighted by Gasteiger charge is 2.38. The van der Waals surface area contributed by atoms with Crippen LogP contribution in [0.2, 0.25) is 18.1 Å². The minimum Gasteiger partial charge on any atom is -0.456 e. The Hall–Kier alpha value is -0.793. The lowest BCUT2D eigenvalue weighted by Crippen LogP contribution is -2.43. The summed E-state index contributed by atoms with van der Waals surface area (Å²) in [7, 11) is -1.89. The first-order valence-electron chi connectivity index (χ1n) is 9.50. The Balaban J connectivity index is 4.69. The van der Waals surface area contributed by atoms with E-state index < -0.39 is 14.3 Å². The highest BCUT2D eigenvalue weighted by atomic mass is 28.4. The molecule has 0 aliphatic carbocycles. The lowest BCUT2D eigenvalue weighted by molar-refractivity contribution is -0.136. The number of rotatable bonds is 10. The number of hydrogen-bond donors (Lipinski definition) is 0. The van der Waals surface area contributed by atoms with Gasteiger partial charge in [-0.3, -0.25) is 0 Å². The molecule has 4 heteroatoms. The predicted molar refractivity (Wildman–Crippen MR) is 104 cm³/mol. The molecule has 140 valence electrons. The molecule has 0 rings (SSSR count). The standard InChI is InChI=1S/C20H38O3Si/c1-8-10-11-12-13-14-15-18(16-17-19(21)22-9-2)23-24(6,7)20(3,4)5/h18H,8-15H2,1-7H3/t18-/m1/s1. The number of esters is 1. The Morgan fingerprint density at radius 2 is 1.62 bits per heavy atom. The minimum absolute atomic E-state index is 0.137. The molecule has 0 fully saturated rings. The van der Waals surface area contributed by atoms with Crippen molar-refractivity contribution in [1.29, 1.82) is 0 Å². The Kier molecular flexibility index (Phi) is 11.3. The van der Waals surface area contributed by atoms with E-state index in [0.717, 1.165) is 12.8 Å². The van der Waals surface area contributed by atoms with Crippen LogP contribution in [0.25, 0.3) is 0 Å². The number of ether oxygens (including phenoxy) is 1. The third-order valence-electron chi connectivity index (χ3n) is 4.67. The molecular weight excluding hydrogens is 316 g/mol. The Morgan fingerprint density at radius 3 is 2.17 bits per heavy atom. The molecule has 0 aliphatic rings. The van der Waals surface area contributed by atoms with Crippen LogP contribution in [0.3, 0.4) is 0 Å². The zero-order valence-electron chi connectivity index (χ0n) is 17.0. The van der Waals surface area contributed by atoms with Gasteiger partial charge in [-0.1, -0.05) is 65.7 Å². The molecule has 0 N–H and O–H groups in total. The summed E-state index contributed by atoms with van der Waals surface area (Å²) < 4.78 is 11.3. The first-order chi connectivity index (χ1) is 11.1. The highest BCUT2D eigenvalue weighted by molar-refractivity contribution is 6.74. The van der Waals surface area contributed by atoms with Gasteiger partial charge in [0, 0.05) is 5.92 Å². The van der Waals surface area contributed by atoms with E-state index in [4.69, 9.17) is 9.16 Å². The zero-order chi connectivity index (χ0) is 18.6. The van der Waals surface area contributed by atoms with Crippen LogP contribution in [0.4, 0.5) is 0 Å². The van der Waals surface area contributed by atoms with E-state index in [-0.39, 0.29) is 11.1 Å². The third kappa shape index (κ3) is 10.2. The topological polar surface area (TPSA) is 35.5 Å². The molecule has 0 saturated carbocycles. The van der Waals surface area contributed by atoms with E-state index in [2.05, 4.69) is 52.6 Å². The normalized spacial score (nSPS) is 13.1. The van der Waals surface area contributed by atoms with Crippen molar-refractivity contribution in [1.82, 2.24) is 0 Å². The average Bonchev–Trinajstić information content (AvgIpc) is 2.47. The molecule has 0 amide bonds. The zero-order valence-corrected chi connectivity index (χ0v) is 18.0. The van der Waals surface area contributed by atoms with Crippen molar-refractivity contribution >= 4 is 14.3 Å². The summed E-state index contributed by atoms with van der Waals surface area (Å²) in [6.45, 7) is 15.5. The highest BCUT2D eigenvalue weighted by Crippen LogP contribution is 2.37. The van der Waals surface area contributed by atoms with Crippen LogP contribution in [-0.4, -0.2) is 27.0 Å². The molecule has 0 aromatic rings. The summed E-state index contributed by atoms with van der Waals surface area (Å²) in [6, 6.07) is 0. The number of carbonyl (C=O) groups excluding carboxylic acids is 1. The second kappa shape index (κ2) is 11.7. The van der Waals surface area contributed by atoms with Gasteiger partial charge in [-0.05, 0) is 37.9 Å². The molecule has 0 unspecified atom stereocenters. The summed E-state index contributed by atoms with van der Waals surface area (Å²) in [5.41, 5.74) is 0. The smallest absolute Gasteiger partial charge is 0.384 e. The summed E-state index contributed by atoms with van der Waals surface area (Å²) >= 11 is 0. The van der Waals surface area contributed by atoms with Gasteiger partial charge in [0.25, 0.3) is 0 Å². The number of carbonyl (C=O) groups is 1. The van der Waals surface area contributed by atoms with Gasteiger partial charge in [0.05, 0.1) is 6.61 Å². The first kappa shape index (κ1) is 23.2. The SMILES string of the molecule is CCCCCCCC[C@H](C#CC(=O)OCC)O[Si](C)(C)C(C)(C)C. The van der Waals surface area contributed by atoms with Crippen molar-refractivity contribution in [2.75, 3.05) is 6.61 Å². The van der Waals surface area contributed by atoms with Gasteiger partial charge in [0.2, 0.25) is 0 Å². The van der Waals surface area contributed by atoms with Crippen LogP contribution in [-0.2, 0) is 14.0 Å². The van der Waals surface area contributed by atoms with Crippen molar-refractivity contribution in [3.05, 3.63) is 0 Å². The van der Waals surface area contributed by atoms with Gasteiger partial charge < -0.3 is 9.16 Å². The summed E-state index contributed by atoms with van der Waals surface area (Å²) in [5.74, 6) is 5.17. The van der Waals surface area contributed by atoms with Crippen LogP contribution in [0, 0.1) is 11.8 Å². The minimum atomic E-state index is -1.89. The number of unbranched alkanes of at least 4 members (excludes halogenated alkanes) is 5. The van der Waals surface area contributed by atoms with Crippen LogP contribution < -0.4 is 0 Å². The van der Waals surface area contributed by atoms with E-state index in [1.54, 1.807) is 6.92 Å². The van der Waals surface area contributed by atoms with Crippen molar-refractivity contribution in [3.63, 3.8) is 0 Å². The van der Waals surface area contributed by atoms with Crippen LogP contribution >= 0.6 is 0 Å². The van der Waals surface area contributed by atoms with Gasteiger partial charge in [0.15, 0.2) is 8.32 Å².